The Morgan fingerprint density at radius 3 is 2.06 bits per heavy atom. The van der Waals surface area contributed by atoms with Crippen LogP contribution in [0.25, 0.3) is 93.2 Å². The molecule has 0 spiro atoms. The van der Waals surface area contributed by atoms with Crippen LogP contribution in [0.5, 0.6) is 0 Å². The zero-order chi connectivity index (χ0) is 35.4. The highest BCUT2D eigenvalue weighted by Crippen LogP contribution is 2.58. The molecule has 1 aromatic heterocycles. The van der Waals surface area contributed by atoms with Crippen LogP contribution in [0.4, 0.5) is 0 Å². The number of nitrogens with zero attached hydrogens (tertiary/aromatic N) is 1. The summed E-state index contributed by atoms with van der Waals surface area (Å²) in [6.07, 6.45) is 0. The van der Waals surface area contributed by atoms with Crippen LogP contribution in [0.15, 0.2) is 140 Å². The van der Waals surface area contributed by atoms with E-state index in [9.17, 15) is 0 Å². The average molecular weight is 674 g/mol. The third-order valence-electron chi connectivity index (χ3n) is 12.9. The van der Waals surface area contributed by atoms with Gasteiger partial charge in [-0.25, -0.2) is 0 Å². The molecule has 2 aliphatic carbocycles. The number of rotatable bonds is 2. The van der Waals surface area contributed by atoms with Gasteiger partial charge in [0.1, 0.15) is 0 Å². The quantitative estimate of drug-likeness (QED) is 0.172. The second kappa shape index (κ2) is 9.74. The molecule has 10 aromatic rings. The molecule has 53 heavy (non-hydrogen) atoms. The largest absolute Gasteiger partial charge is 0.309 e. The van der Waals surface area contributed by atoms with Gasteiger partial charge in [0.05, 0.1) is 11.0 Å². The van der Waals surface area contributed by atoms with Gasteiger partial charge in [-0.3, -0.25) is 0 Å². The third-order valence-corrected chi connectivity index (χ3v) is 12.9. The van der Waals surface area contributed by atoms with Crippen LogP contribution in [0.3, 0.4) is 0 Å². The maximum absolute atomic E-state index is 3.38. The van der Waals surface area contributed by atoms with Crippen molar-refractivity contribution in [3.8, 4) is 39.1 Å². The van der Waals surface area contributed by atoms with Crippen molar-refractivity contribution in [2.24, 2.45) is 0 Å². The Balaban J connectivity index is 1.03. The van der Waals surface area contributed by atoms with Crippen molar-refractivity contribution in [3.05, 3.63) is 174 Å². The molecule has 0 N–H and O–H groups in total. The van der Waals surface area contributed by atoms with E-state index < -0.39 is 0 Å². The highest BCUT2D eigenvalue weighted by atomic mass is 15.0. The first-order chi connectivity index (χ1) is 25.8. The predicted octanol–water partition coefficient (Wildman–Crippen LogP) is 13.6. The van der Waals surface area contributed by atoms with Gasteiger partial charge in [0.15, 0.2) is 0 Å². The summed E-state index contributed by atoms with van der Waals surface area (Å²) in [5.41, 5.74) is 17.1. The molecule has 0 aliphatic heterocycles. The lowest BCUT2D eigenvalue weighted by atomic mass is 9.79. The lowest BCUT2D eigenvalue weighted by Gasteiger charge is -2.24. The van der Waals surface area contributed by atoms with Crippen molar-refractivity contribution >= 4 is 54.1 Å². The molecular weight excluding hydrogens is 639 g/mol. The molecule has 0 bridgehead atoms. The first kappa shape index (κ1) is 29.2. The first-order valence-corrected chi connectivity index (χ1v) is 18.8. The van der Waals surface area contributed by atoms with E-state index in [2.05, 4.69) is 184 Å². The van der Waals surface area contributed by atoms with Crippen LogP contribution in [0.1, 0.15) is 49.9 Å². The molecule has 1 nitrogen and oxygen atoms in total. The molecule has 0 unspecified atom stereocenters. The molecular formula is C52H35N. The van der Waals surface area contributed by atoms with Crippen molar-refractivity contribution in [1.29, 1.82) is 0 Å². The number of hydrogen-bond acceptors (Lipinski definition) is 0. The van der Waals surface area contributed by atoms with E-state index in [1.165, 1.54) is 110 Å². The number of fused-ring (bicyclic) bond motifs is 10. The molecule has 0 saturated heterocycles. The summed E-state index contributed by atoms with van der Waals surface area (Å²) in [5, 5.41) is 10.2. The Morgan fingerprint density at radius 1 is 0.472 bits per heavy atom. The van der Waals surface area contributed by atoms with E-state index in [0.29, 0.717) is 0 Å². The zero-order valence-corrected chi connectivity index (χ0v) is 30.2. The van der Waals surface area contributed by atoms with Gasteiger partial charge in [0.2, 0.25) is 0 Å². The second-order valence-electron chi connectivity index (χ2n) is 16.4. The van der Waals surface area contributed by atoms with Crippen molar-refractivity contribution < 1.29 is 0 Å². The molecule has 0 amide bonds. The molecule has 2 aliphatic rings. The molecule has 0 atom stereocenters. The van der Waals surface area contributed by atoms with Crippen LogP contribution < -0.4 is 0 Å². The van der Waals surface area contributed by atoms with Crippen LogP contribution >= 0.6 is 0 Å². The van der Waals surface area contributed by atoms with Crippen LogP contribution in [-0.2, 0) is 10.8 Å². The Morgan fingerprint density at radius 2 is 1.17 bits per heavy atom. The Bertz CT molecular complexity index is 3190. The Kier molecular flexibility index (Phi) is 5.37. The fourth-order valence-corrected chi connectivity index (χ4v) is 10.3. The minimum absolute atomic E-state index is 0.120. The minimum Gasteiger partial charge on any atom is -0.309 e. The van der Waals surface area contributed by atoms with Gasteiger partial charge in [-0.2, -0.15) is 0 Å². The normalized spacial score (nSPS) is 14.9. The van der Waals surface area contributed by atoms with Crippen LogP contribution in [0.2, 0.25) is 0 Å². The molecule has 248 valence electrons. The van der Waals surface area contributed by atoms with Gasteiger partial charge in [-0.05, 0) is 144 Å². The lowest BCUT2D eigenvalue weighted by molar-refractivity contribution is 0.652. The highest BCUT2D eigenvalue weighted by Gasteiger charge is 2.42. The fraction of sp³-hybridized carbons (Fsp3) is 0.115. The van der Waals surface area contributed by atoms with Gasteiger partial charge in [-0.15, -0.1) is 0 Å². The number of hydrogen-bond donors (Lipinski definition) is 0. The van der Waals surface area contributed by atoms with Crippen molar-refractivity contribution in [1.82, 2.24) is 4.57 Å². The second-order valence-corrected chi connectivity index (χ2v) is 16.4. The topological polar surface area (TPSA) is 4.93 Å². The summed E-state index contributed by atoms with van der Waals surface area (Å²) in [6.45, 7) is 9.67. The summed E-state index contributed by atoms with van der Waals surface area (Å²) >= 11 is 0. The fourth-order valence-electron chi connectivity index (χ4n) is 10.3. The third kappa shape index (κ3) is 3.63. The summed E-state index contributed by atoms with van der Waals surface area (Å²) in [4.78, 5) is 0. The highest BCUT2D eigenvalue weighted by molar-refractivity contribution is 6.26. The van der Waals surface area contributed by atoms with Gasteiger partial charge >= 0.3 is 0 Å². The summed E-state index contributed by atoms with van der Waals surface area (Å²) in [5.74, 6) is 0. The Hall–Kier alpha value is -6.36. The van der Waals surface area contributed by atoms with Gasteiger partial charge < -0.3 is 4.57 Å². The number of benzene rings is 8. The molecule has 12 rings (SSSR count). The van der Waals surface area contributed by atoms with Crippen LogP contribution in [0, 0.1) is 12.1 Å². The first-order valence-electron chi connectivity index (χ1n) is 18.8. The summed E-state index contributed by atoms with van der Waals surface area (Å²) in [7, 11) is 0. The molecule has 0 fully saturated rings. The SMILES string of the molecule is CC1(C)c2cc(-c3ccc4c(c3)c3ccccc3n4-c3ccccc3)ccc2-c2cc3c(cc21)-c1c(cc2ccc4cc#cc5ccc1c2c54)C3(C)C. The van der Waals surface area contributed by atoms with E-state index in [1.54, 1.807) is 0 Å². The van der Waals surface area contributed by atoms with Gasteiger partial charge in [0.25, 0.3) is 0 Å². The van der Waals surface area contributed by atoms with E-state index in [4.69, 9.17) is 0 Å². The molecule has 0 radical (unpaired) electrons. The monoisotopic (exact) mass is 673 g/mol. The van der Waals surface area contributed by atoms with E-state index in [-0.39, 0.29) is 10.8 Å². The average Bonchev–Trinajstić information content (AvgIpc) is 3.72. The van der Waals surface area contributed by atoms with Gasteiger partial charge in [0, 0.05) is 38.1 Å². The van der Waals surface area contributed by atoms with Gasteiger partial charge in [-0.1, -0.05) is 113 Å². The van der Waals surface area contributed by atoms with E-state index in [1.807, 2.05) is 0 Å². The summed E-state index contributed by atoms with van der Waals surface area (Å²) < 4.78 is 2.39. The Labute approximate surface area is 309 Å². The maximum Gasteiger partial charge on any atom is 0.0541 e. The molecule has 1 heteroatoms. The van der Waals surface area contributed by atoms with Crippen LogP contribution in [-0.4, -0.2) is 4.57 Å². The van der Waals surface area contributed by atoms with E-state index >= 15 is 0 Å². The smallest absolute Gasteiger partial charge is 0.0541 e. The van der Waals surface area contributed by atoms with E-state index in [0.717, 1.165) is 5.39 Å². The van der Waals surface area contributed by atoms with Crippen molar-refractivity contribution in [2.75, 3.05) is 0 Å². The standard InChI is InChI=1S/C52H35N/c1-51(2)42-26-33(32-21-24-47-40(25-32)37-15-8-9-16-46(37)53(47)35-13-6-5-7-14-35)20-22-36(42)39-28-44-41(29-43(39)51)50-38-23-19-31-12-10-11-30-17-18-34(49(38)48(30)31)27-45(50)52(44,3)4/h5-9,11,13-29H,1-4H3. The predicted molar refractivity (Wildman–Crippen MR) is 223 cm³/mol. The number of aromatic nitrogens is 1. The molecule has 0 saturated carbocycles. The molecule has 1 heterocycles. The lowest BCUT2D eigenvalue weighted by Crippen LogP contribution is -2.17. The molecule has 9 aromatic carbocycles. The zero-order valence-electron chi connectivity index (χ0n) is 30.2. The maximum atomic E-state index is 3.38. The minimum atomic E-state index is -0.148. The summed E-state index contributed by atoms with van der Waals surface area (Å²) in [6, 6.07) is 59.1. The van der Waals surface area contributed by atoms with Crippen molar-refractivity contribution in [2.45, 2.75) is 38.5 Å². The number of para-hydroxylation sites is 2. The van der Waals surface area contributed by atoms with Crippen molar-refractivity contribution in [3.63, 3.8) is 0 Å².